The third kappa shape index (κ3) is 13.6. The third-order valence-corrected chi connectivity index (χ3v) is 15.6. The number of hydrogen-bond donors (Lipinski definition) is 5. The van der Waals surface area contributed by atoms with Gasteiger partial charge in [0, 0.05) is 63.1 Å². The molecule has 0 unspecified atom stereocenters. The van der Waals surface area contributed by atoms with Crippen LogP contribution in [0.15, 0.2) is 84.4 Å². The Balaban J connectivity index is 0.697. The summed E-state index contributed by atoms with van der Waals surface area (Å²) >= 11 is 1.58. The average molecular weight is 1060 g/mol. The standard InChI is InChI=1S/C57H72N10O8S/c1-36(38-21-23-39(24-22-38)51-37(2)59-35-76-51)60-54(72)47-30-41(68)32-67(47)56(74)52(57(3,4)5)61-49(70)19-10-8-6-7-9-11-20-50(71)64-25-27-65(28-26-64)55(73)40-15-14-16-42(29-40)75-43-33-66(34-43)46-31-45(62-63-53(46)58)44-17-12-13-18-48(44)69/h12-18,21-24,29,31,35-36,41,43,47,52,68-69H,6-11,19-20,25-28,30,32-34H2,1-5H3,(H2,58,63)(H,60,72)(H,61,70)/t36-,41+,47-,52+/m0/s1. The van der Waals surface area contributed by atoms with E-state index in [1.165, 1.54) is 4.90 Å². The largest absolute Gasteiger partial charge is 0.507 e. The molecule has 0 spiro atoms. The number of carbonyl (C=O) groups is 5. The van der Waals surface area contributed by atoms with Crippen LogP contribution >= 0.6 is 11.3 Å². The number of piperazine rings is 1. The molecule has 3 saturated heterocycles. The van der Waals surface area contributed by atoms with Crippen molar-refractivity contribution in [3.8, 4) is 33.2 Å². The van der Waals surface area contributed by atoms with Gasteiger partial charge in [0.15, 0.2) is 5.82 Å². The van der Waals surface area contributed by atoms with E-state index in [0.717, 1.165) is 53.8 Å². The van der Waals surface area contributed by atoms with Gasteiger partial charge in [0.2, 0.25) is 23.6 Å². The summed E-state index contributed by atoms with van der Waals surface area (Å²) in [6.45, 7) is 12.4. The Bertz CT molecular complexity index is 2840. The van der Waals surface area contributed by atoms with E-state index >= 15 is 0 Å². The molecule has 3 fully saturated rings. The minimum atomic E-state index is -0.891. The number of aliphatic hydroxyl groups is 1. The number of unbranched alkanes of at least 4 members (excludes halogenated alkanes) is 5. The van der Waals surface area contributed by atoms with E-state index in [4.69, 9.17) is 10.5 Å². The van der Waals surface area contributed by atoms with Crippen molar-refractivity contribution in [2.75, 3.05) is 56.4 Å². The molecule has 6 N–H and O–H groups in total. The molecule has 19 heteroatoms. The predicted molar refractivity (Wildman–Crippen MR) is 292 cm³/mol. The number of nitrogens with zero attached hydrogens (tertiary/aromatic N) is 7. The Morgan fingerprint density at radius 1 is 0.829 bits per heavy atom. The maximum Gasteiger partial charge on any atom is 0.254 e. The van der Waals surface area contributed by atoms with E-state index in [1.54, 1.807) is 46.6 Å². The van der Waals surface area contributed by atoms with Crippen LogP contribution in [0.2, 0.25) is 0 Å². The lowest BCUT2D eigenvalue weighted by molar-refractivity contribution is -0.144. The molecule has 404 valence electrons. The summed E-state index contributed by atoms with van der Waals surface area (Å²) in [5, 5.41) is 35.3. The van der Waals surface area contributed by atoms with Crippen LogP contribution in [0.1, 0.15) is 113 Å². The Labute approximate surface area is 449 Å². The van der Waals surface area contributed by atoms with Crippen LogP contribution in [-0.2, 0) is 19.2 Å². The lowest BCUT2D eigenvalue weighted by Crippen LogP contribution is -2.57. The number of para-hydroxylation sites is 1. The maximum absolute atomic E-state index is 14.1. The second kappa shape index (κ2) is 24.7. The highest BCUT2D eigenvalue weighted by Gasteiger charge is 2.45. The molecule has 5 aromatic rings. The molecule has 0 saturated carbocycles. The number of ether oxygens (including phenoxy) is 1. The van der Waals surface area contributed by atoms with Gasteiger partial charge in [-0.15, -0.1) is 21.5 Å². The van der Waals surface area contributed by atoms with E-state index in [1.807, 2.05) is 98.5 Å². The second-order valence-corrected chi connectivity index (χ2v) is 22.2. The second-order valence-electron chi connectivity index (χ2n) is 21.4. The van der Waals surface area contributed by atoms with Crippen molar-refractivity contribution in [1.29, 1.82) is 0 Å². The molecule has 3 aliphatic rings. The highest BCUT2D eigenvalue weighted by atomic mass is 32.1. The van der Waals surface area contributed by atoms with Crippen molar-refractivity contribution >= 4 is 52.4 Å². The first kappa shape index (κ1) is 55.1. The van der Waals surface area contributed by atoms with Crippen molar-refractivity contribution in [3.05, 3.63) is 101 Å². The van der Waals surface area contributed by atoms with Gasteiger partial charge in [0.25, 0.3) is 5.91 Å². The Morgan fingerprint density at radius 3 is 2.20 bits per heavy atom. The molecule has 2 aromatic heterocycles. The zero-order valence-electron chi connectivity index (χ0n) is 44.2. The number of hydrogen-bond acceptors (Lipinski definition) is 14. The summed E-state index contributed by atoms with van der Waals surface area (Å²) in [5.41, 5.74) is 12.6. The van der Waals surface area contributed by atoms with Crippen molar-refractivity contribution < 1.29 is 38.9 Å². The van der Waals surface area contributed by atoms with E-state index in [0.29, 0.717) is 80.4 Å². The fraction of sp³-hybridized carbons (Fsp3) is 0.474. The van der Waals surface area contributed by atoms with Crippen LogP contribution < -0.4 is 26.0 Å². The van der Waals surface area contributed by atoms with Crippen molar-refractivity contribution in [2.24, 2.45) is 5.41 Å². The number of carbonyl (C=O) groups excluding carboxylic acids is 5. The number of benzene rings is 3. The van der Waals surface area contributed by atoms with Crippen LogP contribution in [0.25, 0.3) is 21.7 Å². The van der Waals surface area contributed by atoms with Crippen LogP contribution in [0.5, 0.6) is 11.5 Å². The number of likely N-dealkylation sites (tertiary alicyclic amines) is 1. The van der Waals surface area contributed by atoms with Gasteiger partial charge in [-0.25, -0.2) is 4.98 Å². The lowest BCUT2D eigenvalue weighted by Gasteiger charge is -2.41. The molecule has 76 heavy (non-hydrogen) atoms. The van der Waals surface area contributed by atoms with Crippen molar-refractivity contribution in [2.45, 2.75) is 123 Å². The van der Waals surface area contributed by atoms with Gasteiger partial charge in [0.1, 0.15) is 29.7 Å². The predicted octanol–water partition coefficient (Wildman–Crippen LogP) is 6.91. The van der Waals surface area contributed by atoms with Gasteiger partial charge in [-0.05, 0) is 79.6 Å². The number of nitrogens with one attached hydrogen (secondary N) is 2. The third-order valence-electron chi connectivity index (χ3n) is 14.6. The fourth-order valence-electron chi connectivity index (χ4n) is 10.1. The van der Waals surface area contributed by atoms with Crippen LogP contribution in [-0.4, -0.2) is 140 Å². The van der Waals surface area contributed by atoms with E-state index in [-0.39, 0.29) is 72.6 Å². The fourth-order valence-corrected chi connectivity index (χ4v) is 10.9. The molecule has 4 atom stereocenters. The number of nitrogen functional groups attached to an aromatic ring is 1. The number of phenols is 1. The van der Waals surface area contributed by atoms with Gasteiger partial charge < -0.3 is 50.9 Å². The highest BCUT2D eigenvalue weighted by molar-refractivity contribution is 7.13. The zero-order valence-corrected chi connectivity index (χ0v) is 45.1. The number of thiazole rings is 1. The molecule has 3 aromatic carbocycles. The SMILES string of the molecule is Cc1ncsc1-c1ccc([C@H](C)NC(=O)[C@@H]2C[C@@H](O)CN2C(=O)[C@@H](NC(=O)CCCCCCCCC(=O)N2CCN(C(=O)c3cccc(OC4CN(c5cc(-c6ccccc6O)nnc5N)C4)c3)CC2)C(C)(C)C)cc1. The molecule has 18 nitrogen and oxygen atoms in total. The minimum Gasteiger partial charge on any atom is -0.507 e. The van der Waals surface area contributed by atoms with Gasteiger partial charge in [0.05, 0.1) is 52.7 Å². The number of amides is 5. The van der Waals surface area contributed by atoms with Gasteiger partial charge in [-0.1, -0.05) is 88.9 Å². The normalized spacial score (nSPS) is 17.7. The van der Waals surface area contributed by atoms with Gasteiger partial charge >= 0.3 is 0 Å². The Kier molecular flexibility index (Phi) is 17.9. The van der Waals surface area contributed by atoms with Crippen molar-refractivity contribution in [1.82, 2.24) is 40.5 Å². The van der Waals surface area contributed by atoms with E-state index in [2.05, 4.69) is 25.8 Å². The molecule has 8 rings (SSSR count). The number of aryl methyl sites for hydroxylation is 1. The first-order chi connectivity index (χ1) is 36.4. The Hall–Kier alpha value is -7.12. The molecule has 0 radical (unpaired) electrons. The minimum absolute atomic E-state index is 0.00570. The van der Waals surface area contributed by atoms with Crippen molar-refractivity contribution in [3.63, 3.8) is 0 Å². The number of anilines is 2. The molecule has 5 amide bonds. The van der Waals surface area contributed by atoms with Crippen LogP contribution in [0.3, 0.4) is 0 Å². The molecular formula is C57H72N10O8S. The molecule has 3 aliphatic heterocycles. The van der Waals surface area contributed by atoms with E-state index < -0.39 is 23.6 Å². The number of aromatic hydroxyl groups is 1. The summed E-state index contributed by atoms with van der Waals surface area (Å²) in [6.07, 6.45) is 4.78. The molecule has 0 bridgehead atoms. The van der Waals surface area contributed by atoms with Gasteiger partial charge in [-0.2, -0.15) is 0 Å². The summed E-state index contributed by atoms with van der Waals surface area (Å²) < 4.78 is 6.24. The lowest BCUT2D eigenvalue weighted by atomic mass is 9.85. The summed E-state index contributed by atoms with van der Waals surface area (Å²) in [6, 6.07) is 21.8. The van der Waals surface area contributed by atoms with Gasteiger partial charge in [-0.3, -0.25) is 24.0 Å². The summed E-state index contributed by atoms with van der Waals surface area (Å²) in [5.74, 6) is -0.0109. The first-order valence-corrected chi connectivity index (χ1v) is 27.4. The summed E-state index contributed by atoms with van der Waals surface area (Å²) in [4.78, 5) is 80.3. The number of phenolic OH excluding ortho intramolecular Hbond substituents is 1. The highest BCUT2D eigenvalue weighted by Crippen LogP contribution is 2.35. The maximum atomic E-state index is 14.1. The molecule has 0 aliphatic carbocycles. The monoisotopic (exact) mass is 1060 g/mol. The number of rotatable bonds is 20. The Morgan fingerprint density at radius 2 is 1.51 bits per heavy atom. The number of β-amino-alcohol motifs (C(OH)–C–C–N with tert-alkyl or cyclic N) is 1. The molecule has 5 heterocycles. The van der Waals surface area contributed by atoms with E-state index in [9.17, 15) is 34.2 Å². The summed E-state index contributed by atoms with van der Waals surface area (Å²) in [7, 11) is 0. The number of aliphatic hydroxyl groups excluding tert-OH is 1. The average Bonchev–Trinajstić information content (AvgIpc) is 4.02. The topological polar surface area (TPSA) is 237 Å². The first-order valence-electron chi connectivity index (χ1n) is 26.5. The smallest absolute Gasteiger partial charge is 0.254 e. The number of aromatic nitrogens is 3. The van der Waals surface area contributed by atoms with Crippen LogP contribution in [0.4, 0.5) is 11.5 Å². The molecular weight excluding hydrogens is 985 g/mol. The quantitative estimate of drug-likeness (QED) is 0.0499. The zero-order chi connectivity index (χ0) is 54.1. The number of nitrogens with two attached hydrogens (primary N) is 1. The van der Waals surface area contributed by atoms with Crippen LogP contribution in [0, 0.1) is 12.3 Å².